The largest absolute Gasteiger partial charge is 0.396 e. The first-order valence-corrected chi connectivity index (χ1v) is 9.24. The van der Waals surface area contributed by atoms with Gasteiger partial charge >= 0.3 is 0 Å². The van der Waals surface area contributed by atoms with Crippen LogP contribution in [0.5, 0.6) is 0 Å². The summed E-state index contributed by atoms with van der Waals surface area (Å²) in [5.41, 5.74) is 0.848. The Morgan fingerprint density at radius 1 is 1.32 bits per heavy atom. The number of hydrogen-bond donors (Lipinski definition) is 2. The summed E-state index contributed by atoms with van der Waals surface area (Å²) in [6.45, 7) is 2.87. The number of aliphatic hydroxyl groups is 1. The average molecular weight is 385 g/mol. The molecule has 25 heavy (non-hydrogen) atoms. The number of anilines is 1. The lowest BCUT2D eigenvalue weighted by atomic mass is 9.99. The van der Waals surface area contributed by atoms with Crippen molar-refractivity contribution in [2.24, 2.45) is 11.0 Å². The highest BCUT2D eigenvalue weighted by molar-refractivity contribution is 6.42. The van der Waals surface area contributed by atoms with Crippen molar-refractivity contribution in [2.75, 3.05) is 37.8 Å². The first-order valence-electron chi connectivity index (χ1n) is 8.48. The minimum Gasteiger partial charge on any atom is -0.396 e. The van der Waals surface area contributed by atoms with Gasteiger partial charge in [-0.05, 0) is 43.5 Å². The number of rotatable bonds is 4. The average Bonchev–Trinajstić information content (AvgIpc) is 3.05. The predicted octanol–water partition coefficient (Wildman–Crippen LogP) is 2.34. The summed E-state index contributed by atoms with van der Waals surface area (Å²) in [4.78, 5) is 14.3. The number of hydrazone groups is 1. The van der Waals surface area contributed by atoms with Gasteiger partial charge in [-0.1, -0.05) is 23.2 Å². The third kappa shape index (κ3) is 4.85. The first kappa shape index (κ1) is 18.5. The van der Waals surface area contributed by atoms with Crippen molar-refractivity contribution < 1.29 is 9.90 Å². The molecule has 1 atom stereocenters. The van der Waals surface area contributed by atoms with Crippen LogP contribution < -0.4 is 10.3 Å². The van der Waals surface area contributed by atoms with Crippen molar-refractivity contribution in [3.8, 4) is 0 Å². The molecule has 0 saturated carbocycles. The number of carbonyl (C=O) groups excluding carboxylic acids is 1. The van der Waals surface area contributed by atoms with Crippen LogP contribution in [0.2, 0.25) is 10.0 Å². The molecule has 136 valence electrons. The lowest BCUT2D eigenvalue weighted by Crippen LogP contribution is -2.44. The van der Waals surface area contributed by atoms with Gasteiger partial charge in [0.05, 0.1) is 22.3 Å². The monoisotopic (exact) mass is 384 g/mol. The van der Waals surface area contributed by atoms with Gasteiger partial charge in [0, 0.05) is 26.1 Å². The van der Waals surface area contributed by atoms with Crippen LogP contribution in [0.25, 0.3) is 0 Å². The van der Waals surface area contributed by atoms with E-state index < -0.39 is 0 Å². The molecule has 0 unspecified atom stereocenters. The fourth-order valence-corrected chi connectivity index (χ4v) is 3.52. The summed E-state index contributed by atoms with van der Waals surface area (Å²) in [6, 6.07) is 5.35. The zero-order valence-electron chi connectivity index (χ0n) is 13.9. The molecule has 1 amide bonds. The Hall–Kier alpha value is -1.34. The van der Waals surface area contributed by atoms with E-state index in [2.05, 4.69) is 15.3 Å². The van der Waals surface area contributed by atoms with Gasteiger partial charge in [-0.25, -0.2) is 0 Å². The molecule has 0 radical (unpaired) electrons. The van der Waals surface area contributed by atoms with Crippen LogP contribution in [0, 0.1) is 5.92 Å². The van der Waals surface area contributed by atoms with E-state index >= 15 is 0 Å². The smallest absolute Gasteiger partial charge is 0.239 e. The molecule has 1 saturated heterocycles. The van der Waals surface area contributed by atoms with Crippen molar-refractivity contribution in [2.45, 2.75) is 19.3 Å². The number of amides is 1. The summed E-state index contributed by atoms with van der Waals surface area (Å²) in [7, 11) is 0. The van der Waals surface area contributed by atoms with Crippen LogP contribution in [0.4, 0.5) is 5.69 Å². The van der Waals surface area contributed by atoms with Gasteiger partial charge in [0.15, 0.2) is 0 Å². The molecule has 0 bridgehead atoms. The molecule has 1 aromatic rings. The number of halogens is 2. The molecule has 1 fully saturated rings. The molecule has 2 heterocycles. The Balaban J connectivity index is 1.54. The molecule has 2 N–H and O–H groups in total. The molecule has 8 heteroatoms. The number of benzene rings is 1. The van der Waals surface area contributed by atoms with Crippen molar-refractivity contribution in [1.29, 1.82) is 0 Å². The number of amidine groups is 1. The van der Waals surface area contributed by atoms with E-state index in [1.165, 1.54) is 0 Å². The van der Waals surface area contributed by atoms with E-state index in [0.29, 0.717) is 35.4 Å². The van der Waals surface area contributed by atoms with Gasteiger partial charge in [0.1, 0.15) is 5.84 Å². The second-order valence-corrected chi connectivity index (χ2v) is 7.31. The number of hydrogen-bond acceptors (Lipinski definition) is 5. The Morgan fingerprint density at radius 2 is 2.16 bits per heavy atom. The third-order valence-electron chi connectivity index (χ3n) is 4.52. The highest BCUT2D eigenvalue weighted by Gasteiger charge is 2.23. The second kappa shape index (κ2) is 8.36. The molecular weight excluding hydrogens is 363 g/mol. The van der Waals surface area contributed by atoms with Crippen molar-refractivity contribution in [3.63, 3.8) is 0 Å². The predicted molar refractivity (Wildman–Crippen MR) is 100 cm³/mol. The minimum atomic E-state index is -0.0617. The normalized spacial score (nSPS) is 21.3. The SMILES string of the molecule is O=C(CN1CCC[C@H](CO)C1)NC1=NN(c2ccc(Cl)c(Cl)c2)CC1. The molecule has 2 aliphatic rings. The Bertz CT molecular complexity index is 668. The van der Waals surface area contributed by atoms with Crippen LogP contribution in [0.15, 0.2) is 23.3 Å². The highest BCUT2D eigenvalue weighted by atomic mass is 35.5. The number of likely N-dealkylation sites (tertiary alicyclic amines) is 1. The van der Waals surface area contributed by atoms with E-state index in [1.807, 2.05) is 6.07 Å². The van der Waals surface area contributed by atoms with Crippen molar-refractivity contribution in [1.82, 2.24) is 10.2 Å². The zero-order chi connectivity index (χ0) is 17.8. The van der Waals surface area contributed by atoms with Crippen molar-refractivity contribution >= 4 is 40.6 Å². The van der Waals surface area contributed by atoms with E-state index in [9.17, 15) is 9.90 Å². The summed E-state index contributed by atoms with van der Waals surface area (Å²) in [5.74, 6) is 0.871. The molecular formula is C17H22Cl2N4O2. The molecule has 0 aliphatic carbocycles. The molecule has 1 aromatic carbocycles. The van der Waals surface area contributed by atoms with Crippen LogP contribution in [0.1, 0.15) is 19.3 Å². The lowest BCUT2D eigenvalue weighted by Gasteiger charge is -2.31. The maximum absolute atomic E-state index is 12.3. The number of carbonyl (C=O) groups is 1. The topological polar surface area (TPSA) is 68.2 Å². The summed E-state index contributed by atoms with van der Waals surface area (Å²) < 4.78 is 0. The molecule has 2 aliphatic heterocycles. The highest BCUT2D eigenvalue weighted by Crippen LogP contribution is 2.28. The Morgan fingerprint density at radius 3 is 2.92 bits per heavy atom. The third-order valence-corrected chi connectivity index (χ3v) is 5.25. The Kier molecular flexibility index (Phi) is 6.17. The fraction of sp³-hybridized carbons (Fsp3) is 0.529. The molecule has 0 aromatic heterocycles. The van der Waals surface area contributed by atoms with Crippen LogP contribution in [-0.4, -0.2) is 54.5 Å². The quantitative estimate of drug-likeness (QED) is 0.835. The maximum Gasteiger partial charge on any atom is 0.239 e. The number of piperidine rings is 1. The fourth-order valence-electron chi connectivity index (χ4n) is 3.22. The Labute approximate surface area is 157 Å². The summed E-state index contributed by atoms with van der Waals surface area (Å²) in [5, 5.41) is 19.4. The van der Waals surface area contributed by atoms with E-state index in [1.54, 1.807) is 17.1 Å². The van der Waals surface area contributed by atoms with Gasteiger partial charge in [-0.15, -0.1) is 0 Å². The summed E-state index contributed by atoms with van der Waals surface area (Å²) in [6.07, 6.45) is 2.72. The summed E-state index contributed by atoms with van der Waals surface area (Å²) >= 11 is 12.0. The number of nitrogens with one attached hydrogen (secondary N) is 1. The number of nitrogens with zero attached hydrogens (tertiary/aromatic N) is 3. The standard InChI is InChI=1S/C17H22Cl2N4O2/c18-14-4-3-13(8-15(14)19)23-7-5-16(21-23)20-17(25)10-22-6-1-2-12(9-22)11-24/h3-4,8,12,24H,1-2,5-7,9-11H2,(H,20,21,25)/t12-/m0/s1. The van der Waals surface area contributed by atoms with Gasteiger partial charge in [-0.2, -0.15) is 5.10 Å². The molecule has 0 spiro atoms. The lowest BCUT2D eigenvalue weighted by molar-refractivity contribution is -0.121. The van der Waals surface area contributed by atoms with Crippen LogP contribution in [-0.2, 0) is 4.79 Å². The van der Waals surface area contributed by atoms with Crippen LogP contribution >= 0.6 is 23.2 Å². The second-order valence-electron chi connectivity index (χ2n) is 6.49. The van der Waals surface area contributed by atoms with Gasteiger partial charge in [0.2, 0.25) is 5.91 Å². The molecule has 6 nitrogen and oxygen atoms in total. The number of aliphatic hydroxyl groups excluding tert-OH is 1. The van der Waals surface area contributed by atoms with Gasteiger partial charge in [-0.3, -0.25) is 14.7 Å². The first-order chi connectivity index (χ1) is 12.0. The van der Waals surface area contributed by atoms with Gasteiger partial charge < -0.3 is 10.4 Å². The van der Waals surface area contributed by atoms with Crippen molar-refractivity contribution in [3.05, 3.63) is 28.2 Å². The zero-order valence-corrected chi connectivity index (χ0v) is 15.4. The maximum atomic E-state index is 12.3. The van der Waals surface area contributed by atoms with E-state index in [-0.39, 0.29) is 18.4 Å². The van der Waals surface area contributed by atoms with Gasteiger partial charge in [0.25, 0.3) is 0 Å². The van der Waals surface area contributed by atoms with E-state index in [0.717, 1.165) is 31.6 Å². The van der Waals surface area contributed by atoms with Crippen LogP contribution in [0.3, 0.4) is 0 Å². The minimum absolute atomic E-state index is 0.0617. The van der Waals surface area contributed by atoms with E-state index in [4.69, 9.17) is 23.2 Å². The molecule has 3 rings (SSSR count).